The Morgan fingerprint density at radius 1 is 1.03 bits per heavy atom. The standard InChI is InChI=1S/C25H30N2O4/c1-15-16(2)22(28-6)10-8-20(15)25-26-21(18(4)31-25)14-27(5)17(3)19-7-9-23-24(13-19)30-12-11-29-23/h7-10,13,17H,11-12,14H2,1-6H3/t17-/m0/s1. The Balaban J connectivity index is 1.54. The van der Waals surface area contributed by atoms with Gasteiger partial charge in [0.05, 0.1) is 12.8 Å². The lowest BCUT2D eigenvalue weighted by Crippen LogP contribution is -2.23. The molecule has 1 aliphatic rings. The third-order valence-corrected chi connectivity index (χ3v) is 6.19. The van der Waals surface area contributed by atoms with Gasteiger partial charge in [-0.2, -0.15) is 0 Å². The molecule has 3 aromatic rings. The molecule has 0 saturated carbocycles. The van der Waals surface area contributed by atoms with Gasteiger partial charge >= 0.3 is 0 Å². The van der Waals surface area contributed by atoms with Crippen molar-refractivity contribution in [1.29, 1.82) is 0 Å². The van der Waals surface area contributed by atoms with Gasteiger partial charge in [-0.25, -0.2) is 4.98 Å². The van der Waals surface area contributed by atoms with Crippen molar-refractivity contribution in [1.82, 2.24) is 9.88 Å². The van der Waals surface area contributed by atoms with Gasteiger partial charge in [0.1, 0.15) is 24.7 Å². The van der Waals surface area contributed by atoms with E-state index in [0.29, 0.717) is 25.6 Å². The number of nitrogens with zero attached hydrogens (tertiary/aromatic N) is 2. The van der Waals surface area contributed by atoms with E-state index in [1.54, 1.807) is 7.11 Å². The van der Waals surface area contributed by atoms with E-state index in [0.717, 1.165) is 45.4 Å². The maximum Gasteiger partial charge on any atom is 0.226 e. The molecule has 6 heteroatoms. The largest absolute Gasteiger partial charge is 0.496 e. The highest BCUT2D eigenvalue weighted by molar-refractivity contribution is 5.63. The van der Waals surface area contributed by atoms with Gasteiger partial charge in [-0.05, 0) is 75.7 Å². The minimum Gasteiger partial charge on any atom is -0.496 e. The molecule has 0 unspecified atom stereocenters. The number of aromatic nitrogens is 1. The van der Waals surface area contributed by atoms with E-state index in [-0.39, 0.29) is 6.04 Å². The second kappa shape index (κ2) is 8.63. The van der Waals surface area contributed by atoms with E-state index >= 15 is 0 Å². The number of hydrogen-bond donors (Lipinski definition) is 0. The van der Waals surface area contributed by atoms with Crippen LogP contribution in [0.3, 0.4) is 0 Å². The Hall–Kier alpha value is -2.99. The quantitative estimate of drug-likeness (QED) is 0.541. The van der Waals surface area contributed by atoms with E-state index < -0.39 is 0 Å². The lowest BCUT2D eigenvalue weighted by Gasteiger charge is -2.26. The summed E-state index contributed by atoms with van der Waals surface area (Å²) in [4.78, 5) is 7.09. The molecular weight excluding hydrogens is 392 g/mol. The molecule has 0 aliphatic carbocycles. The minimum absolute atomic E-state index is 0.181. The number of fused-ring (bicyclic) bond motifs is 1. The van der Waals surface area contributed by atoms with Gasteiger partial charge in [-0.3, -0.25) is 4.90 Å². The van der Waals surface area contributed by atoms with Crippen molar-refractivity contribution in [3.63, 3.8) is 0 Å². The zero-order valence-electron chi connectivity index (χ0n) is 19.1. The average Bonchev–Trinajstić information content (AvgIpc) is 3.14. The van der Waals surface area contributed by atoms with Gasteiger partial charge in [-0.1, -0.05) is 6.07 Å². The monoisotopic (exact) mass is 422 g/mol. The van der Waals surface area contributed by atoms with Crippen LogP contribution in [-0.2, 0) is 6.54 Å². The van der Waals surface area contributed by atoms with Gasteiger partial charge < -0.3 is 18.6 Å². The number of oxazole rings is 1. The molecule has 164 valence electrons. The molecule has 31 heavy (non-hydrogen) atoms. The lowest BCUT2D eigenvalue weighted by atomic mass is 10.0. The van der Waals surface area contributed by atoms with Crippen LogP contribution in [0.1, 0.15) is 41.1 Å². The van der Waals surface area contributed by atoms with Crippen molar-refractivity contribution in [2.24, 2.45) is 0 Å². The fourth-order valence-electron chi connectivity index (χ4n) is 3.89. The topological polar surface area (TPSA) is 57.0 Å². The number of hydrogen-bond acceptors (Lipinski definition) is 6. The Morgan fingerprint density at radius 2 is 1.77 bits per heavy atom. The van der Waals surface area contributed by atoms with Crippen LogP contribution >= 0.6 is 0 Å². The van der Waals surface area contributed by atoms with E-state index in [4.69, 9.17) is 23.6 Å². The predicted molar refractivity (Wildman–Crippen MR) is 120 cm³/mol. The summed E-state index contributed by atoms with van der Waals surface area (Å²) in [5, 5.41) is 0. The molecule has 0 amide bonds. The van der Waals surface area contributed by atoms with Gasteiger partial charge in [0, 0.05) is 18.2 Å². The second-order valence-corrected chi connectivity index (χ2v) is 8.08. The summed E-state index contributed by atoms with van der Waals surface area (Å²) in [5.74, 6) is 3.99. The van der Waals surface area contributed by atoms with E-state index in [1.807, 2.05) is 25.1 Å². The molecule has 0 saturated heterocycles. The highest BCUT2D eigenvalue weighted by Crippen LogP contribution is 2.35. The smallest absolute Gasteiger partial charge is 0.226 e. The van der Waals surface area contributed by atoms with Crippen molar-refractivity contribution >= 4 is 0 Å². The van der Waals surface area contributed by atoms with Gasteiger partial charge in [-0.15, -0.1) is 0 Å². The van der Waals surface area contributed by atoms with Crippen LogP contribution in [0.4, 0.5) is 0 Å². The summed E-state index contributed by atoms with van der Waals surface area (Å²) < 4.78 is 22.9. The highest BCUT2D eigenvalue weighted by Gasteiger charge is 2.21. The molecule has 0 fully saturated rings. The number of rotatable bonds is 6. The van der Waals surface area contributed by atoms with Gasteiger partial charge in [0.25, 0.3) is 0 Å². The molecular formula is C25H30N2O4. The minimum atomic E-state index is 0.181. The van der Waals surface area contributed by atoms with Crippen LogP contribution in [0.2, 0.25) is 0 Å². The van der Waals surface area contributed by atoms with E-state index in [1.165, 1.54) is 5.56 Å². The first-order chi connectivity index (χ1) is 14.9. The SMILES string of the molecule is COc1ccc(-c2nc(CN(C)[C@@H](C)c3ccc4c(c3)OCCO4)c(C)o2)c(C)c1C. The Labute approximate surface area is 183 Å². The Kier molecular flexibility index (Phi) is 5.92. The lowest BCUT2D eigenvalue weighted by molar-refractivity contribution is 0.170. The molecule has 0 radical (unpaired) electrons. The molecule has 4 rings (SSSR count). The van der Waals surface area contributed by atoms with E-state index in [2.05, 4.69) is 44.9 Å². The predicted octanol–water partition coefficient (Wildman–Crippen LogP) is 5.24. The maximum absolute atomic E-state index is 6.06. The molecule has 2 heterocycles. The second-order valence-electron chi connectivity index (χ2n) is 8.08. The summed E-state index contributed by atoms with van der Waals surface area (Å²) in [5.41, 5.74) is 5.33. The molecule has 1 aliphatic heterocycles. The van der Waals surface area contributed by atoms with Crippen LogP contribution < -0.4 is 14.2 Å². The highest BCUT2D eigenvalue weighted by atomic mass is 16.6. The molecule has 0 spiro atoms. The zero-order valence-corrected chi connectivity index (χ0v) is 19.1. The van der Waals surface area contributed by atoms with Crippen LogP contribution in [-0.4, -0.2) is 37.3 Å². The summed E-state index contributed by atoms with van der Waals surface area (Å²) in [7, 11) is 3.78. The number of methoxy groups -OCH3 is 1. The fraction of sp³-hybridized carbons (Fsp3) is 0.400. The number of ether oxygens (including phenoxy) is 3. The van der Waals surface area contributed by atoms with Crippen molar-refractivity contribution in [3.8, 4) is 28.7 Å². The molecule has 0 bridgehead atoms. The maximum atomic E-state index is 6.06. The summed E-state index contributed by atoms with van der Waals surface area (Å²) in [6, 6.07) is 10.3. The molecule has 0 N–H and O–H groups in total. The normalized spacial score (nSPS) is 14.0. The van der Waals surface area contributed by atoms with Crippen LogP contribution in [0.25, 0.3) is 11.5 Å². The fourth-order valence-corrected chi connectivity index (χ4v) is 3.89. The number of aryl methyl sites for hydroxylation is 1. The molecule has 6 nitrogen and oxygen atoms in total. The van der Waals surface area contributed by atoms with Crippen molar-refractivity contribution in [2.45, 2.75) is 40.3 Å². The van der Waals surface area contributed by atoms with Gasteiger partial charge in [0.2, 0.25) is 5.89 Å². The third kappa shape index (κ3) is 4.12. The first kappa shape index (κ1) is 21.2. The molecule has 1 aromatic heterocycles. The summed E-state index contributed by atoms with van der Waals surface area (Å²) in [6.45, 7) is 10.1. The zero-order chi connectivity index (χ0) is 22.1. The van der Waals surface area contributed by atoms with Crippen LogP contribution in [0.5, 0.6) is 17.2 Å². The Bertz CT molecular complexity index is 1090. The summed E-state index contributed by atoms with van der Waals surface area (Å²) >= 11 is 0. The van der Waals surface area contributed by atoms with Crippen molar-refractivity contribution < 1.29 is 18.6 Å². The van der Waals surface area contributed by atoms with Gasteiger partial charge in [0.15, 0.2) is 11.5 Å². The van der Waals surface area contributed by atoms with Crippen LogP contribution in [0.15, 0.2) is 34.7 Å². The van der Waals surface area contributed by atoms with Crippen molar-refractivity contribution in [2.75, 3.05) is 27.4 Å². The first-order valence-electron chi connectivity index (χ1n) is 10.6. The Morgan fingerprint density at radius 3 is 2.52 bits per heavy atom. The average molecular weight is 423 g/mol. The van der Waals surface area contributed by atoms with E-state index in [9.17, 15) is 0 Å². The number of benzene rings is 2. The molecule has 1 atom stereocenters. The molecule has 2 aromatic carbocycles. The van der Waals surface area contributed by atoms with Crippen molar-refractivity contribution in [3.05, 3.63) is 58.5 Å². The third-order valence-electron chi connectivity index (χ3n) is 6.19. The first-order valence-corrected chi connectivity index (χ1v) is 10.6. The summed E-state index contributed by atoms with van der Waals surface area (Å²) in [6.07, 6.45) is 0. The van der Waals surface area contributed by atoms with Crippen LogP contribution in [0, 0.1) is 20.8 Å².